The number of pyridine rings is 3. The monoisotopic (exact) mass is 719 g/mol. The third-order valence-electron chi connectivity index (χ3n) is 10.0. The summed E-state index contributed by atoms with van der Waals surface area (Å²) in [6.45, 7) is 7.26. The Labute approximate surface area is 302 Å². The molecule has 0 bridgehead atoms. The lowest BCUT2D eigenvalue weighted by atomic mass is 10.0. The van der Waals surface area contributed by atoms with Crippen LogP contribution in [0.4, 0.5) is 10.1 Å². The van der Waals surface area contributed by atoms with Gasteiger partial charge in [-0.3, -0.25) is 19.2 Å². The first kappa shape index (κ1) is 35.1. The van der Waals surface area contributed by atoms with Gasteiger partial charge in [-0.15, -0.1) is 0 Å². The second-order valence-corrected chi connectivity index (χ2v) is 13.2. The minimum absolute atomic E-state index is 0.0267. The molecule has 53 heavy (non-hydrogen) atoms. The van der Waals surface area contributed by atoms with E-state index >= 15 is 4.39 Å². The van der Waals surface area contributed by atoms with Crippen LogP contribution in [0.3, 0.4) is 0 Å². The Morgan fingerprint density at radius 2 is 1.60 bits per heavy atom. The van der Waals surface area contributed by atoms with E-state index in [2.05, 4.69) is 15.3 Å². The second-order valence-electron chi connectivity index (χ2n) is 13.2. The number of benzene rings is 2. The van der Waals surface area contributed by atoms with Crippen LogP contribution in [0.1, 0.15) is 45.8 Å². The van der Waals surface area contributed by atoms with E-state index in [1.807, 2.05) is 38.1 Å². The fraction of sp³-hybridized carbons (Fsp3) is 0.282. The number of carbonyl (C=O) groups is 3. The van der Waals surface area contributed by atoms with Gasteiger partial charge in [-0.05, 0) is 56.7 Å². The number of nitrogens with zero attached hydrogens (tertiary/aromatic N) is 5. The van der Waals surface area contributed by atoms with E-state index in [4.69, 9.17) is 0 Å². The van der Waals surface area contributed by atoms with Gasteiger partial charge < -0.3 is 34.3 Å². The van der Waals surface area contributed by atoms with E-state index in [0.717, 1.165) is 28.2 Å². The highest BCUT2D eigenvalue weighted by Crippen LogP contribution is 2.27. The largest absolute Gasteiger partial charge is 0.477 e. The van der Waals surface area contributed by atoms with Crippen LogP contribution in [0.2, 0.25) is 0 Å². The topological polar surface area (TPSA) is 163 Å². The van der Waals surface area contributed by atoms with Crippen molar-refractivity contribution in [3.8, 4) is 0 Å². The summed E-state index contributed by atoms with van der Waals surface area (Å²) in [6.07, 6.45) is 4.70. The van der Waals surface area contributed by atoms with Crippen molar-refractivity contribution in [2.45, 2.75) is 46.3 Å². The number of fused-ring (bicyclic) bond motifs is 3. The second kappa shape index (κ2) is 14.0. The summed E-state index contributed by atoms with van der Waals surface area (Å²) < 4.78 is 18.9. The normalized spacial score (nSPS) is 13.9. The van der Waals surface area contributed by atoms with Crippen molar-refractivity contribution < 1.29 is 23.9 Å². The lowest BCUT2D eigenvalue weighted by Crippen LogP contribution is -2.56. The Bertz CT molecular complexity index is 2570. The number of aromatic amines is 1. The number of para-hydroxylation sites is 1. The number of amides is 2. The molecule has 1 atom stereocenters. The Morgan fingerprint density at radius 3 is 2.32 bits per heavy atom. The Balaban J connectivity index is 1.17. The summed E-state index contributed by atoms with van der Waals surface area (Å²) in [5.41, 5.74) is 1.76. The summed E-state index contributed by atoms with van der Waals surface area (Å²) >= 11 is 0. The number of aryl methyl sites for hydroxylation is 3. The van der Waals surface area contributed by atoms with Gasteiger partial charge in [0.2, 0.25) is 16.8 Å². The molecule has 0 spiro atoms. The number of hydrogen-bond donors (Lipinski definition) is 3. The van der Waals surface area contributed by atoms with Gasteiger partial charge in [0.25, 0.3) is 5.91 Å². The number of carbonyl (C=O) groups excluding carboxylic acids is 2. The van der Waals surface area contributed by atoms with Crippen LogP contribution in [-0.4, -0.2) is 79.1 Å². The molecule has 13 nitrogen and oxygen atoms in total. The third kappa shape index (κ3) is 6.40. The van der Waals surface area contributed by atoms with Crippen LogP contribution in [0.25, 0.3) is 32.8 Å². The molecular weight excluding hydrogens is 681 g/mol. The van der Waals surface area contributed by atoms with E-state index < -0.39 is 40.2 Å². The van der Waals surface area contributed by atoms with E-state index in [-0.39, 0.29) is 55.1 Å². The molecule has 272 valence electrons. The number of aromatic carboxylic acids is 1. The van der Waals surface area contributed by atoms with E-state index in [9.17, 15) is 29.1 Å². The van der Waals surface area contributed by atoms with Gasteiger partial charge >= 0.3 is 5.97 Å². The standard InChI is InChI=1S/C39H38FN7O6/c1-4-44-21-28(39(52)53)35(49)26-17-29(40)33(18-32(26)44)46-12-14-47(15-13-46)38(51)31(16-23-19-41-30-9-7-6-8-24(23)30)43-37(50)27-20-45(5-2)36-25(34(27)48)11-10-22(3)42-36/h6-11,17-21,31,41H,4-5,12-16H2,1-3H3,(H,43,50)(H,52,53)/t31-/m0/s1. The molecule has 1 aliphatic rings. The number of aromatic nitrogens is 4. The maximum Gasteiger partial charge on any atom is 0.341 e. The Hall–Kier alpha value is -6.31. The minimum atomic E-state index is -1.38. The van der Waals surface area contributed by atoms with Crippen molar-refractivity contribution in [2.75, 3.05) is 31.1 Å². The highest BCUT2D eigenvalue weighted by molar-refractivity contribution is 6.00. The molecule has 1 fully saturated rings. The lowest BCUT2D eigenvalue weighted by molar-refractivity contribution is -0.133. The zero-order chi connectivity index (χ0) is 37.6. The average molecular weight is 720 g/mol. The van der Waals surface area contributed by atoms with E-state index in [0.29, 0.717) is 29.6 Å². The fourth-order valence-corrected chi connectivity index (χ4v) is 7.16. The SMILES string of the molecule is CCn1cc(C(=O)O)c(=O)c2cc(F)c(N3CCN(C(=O)[C@H](Cc4c[nH]c5ccccc45)NC(=O)c4cn(CC)c5nc(C)ccc5c4=O)CC3)cc21. The zero-order valence-corrected chi connectivity index (χ0v) is 29.5. The summed E-state index contributed by atoms with van der Waals surface area (Å²) in [5.74, 6) is -3.09. The highest BCUT2D eigenvalue weighted by Gasteiger charge is 2.32. The van der Waals surface area contributed by atoms with Gasteiger partial charge in [-0.2, -0.15) is 0 Å². The van der Waals surface area contributed by atoms with Crippen molar-refractivity contribution in [3.63, 3.8) is 0 Å². The first-order valence-corrected chi connectivity index (χ1v) is 17.5. The Kier molecular flexibility index (Phi) is 9.28. The van der Waals surface area contributed by atoms with Crippen LogP contribution in [-0.2, 0) is 24.3 Å². The third-order valence-corrected chi connectivity index (χ3v) is 10.0. The summed E-state index contributed by atoms with van der Waals surface area (Å²) in [7, 11) is 0. The van der Waals surface area contributed by atoms with Gasteiger partial charge in [0.05, 0.1) is 16.6 Å². The van der Waals surface area contributed by atoms with Crippen LogP contribution in [0, 0.1) is 12.7 Å². The molecule has 2 amide bonds. The van der Waals surface area contributed by atoms with Gasteiger partial charge in [0, 0.05) is 86.3 Å². The number of rotatable bonds is 9. The average Bonchev–Trinajstić information content (AvgIpc) is 3.57. The summed E-state index contributed by atoms with van der Waals surface area (Å²) in [6, 6.07) is 12.6. The van der Waals surface area contributed by atoms with Gasteiger partial charge in [0.1, 0.15) is 28.6 Å². The van der Waals surface area contributed by atoms with Gasteiger partial charge in [0.15, 0.2) is 0 Å². The molecule has 1 saturated heterocycles. The quantitative estimate of drug-likeness (QED) is 0.202. The van der Waals surface area contributed by atoms with E-state index in [1.165, 1.54) is 12.4 Å². The number of nitrogens with one attached hydrogen (secondary N) is 2. The number of carboxylic acid groups (broad SMARTS) is 1. The van der Waals surface area contributed by atoms with Crippen molar-refractivity contribution >= 4 is 56.3 Å². The molecule has 0 saturated carbocycles. The molecular formula is C39H38FN7O6. The molecule has 0 aliphatic carbocycles. The molecule has 6 aromatic rings. The predicted molar refractivity (Wildman–Crippen MR) is 199 cm³/mol. The van der Waals surface area contributed by atoms with E-state index in [1.54, 1.807) is 50.3 Å². The lowest BCUT2D eigenvalue weighted by Gasteiger charge is -2.38. The van der Waals surface area contributed by atoms with Crippen molar-refractivity contribution in [1.29, 1.82) is 0 Å². The molecule has 5 heterocycles. The Morgan fingerprint density at radius 1 is 0.906 bits per heavy atom. The van der Waals surface area contributed by atoms with Crippen molar-refractivity contribution in [1.82, 2.24) is 29.3 Å². The summed E-state index contributed by atoms with van der Waals surface area (Å²) in [5, 5.41) is 13.6. The number of H-pyrrole nitrogens is 1. The number of hydrogen-bond acceptors (Lipinski definition) is 7. The van der Waals surface area contributed by atoms with Gasteiger partial charge in [-0.25, -0.2) is 14.2 Å². The van der Waals surface area contributed by atoms with Crippen molar-refractivity contribution in [2.24, 2.45) is 0 Å². The maximum atomic E-state index is 15.6. The van der Waals surface area contributed by atoms with Crippen LogP contribution in [0.5, 0.6) is 0 Å². The molecule has 2 aromatic carbocycles. The molecule has 7 rings (SSSR count). The first-order valence-electron chi connectivity index (χ1n) is 17.5. The fourth-order valence-electron chi connectivity index (χ4n) is 7.16. The summed E-state index contributed by atoms with van der Waals surface area (Å²) in [4.78, 5) is 77.4. The number of piperazine rings is 1. The molecule has 4 aromatic heterocycles. The van der Waals surface area contributed by atoms with Gasteiger partial charge in [-0.1, -0.05) is 18.2 Å². The van der Waals surface area contributed by atoms with Crippen LogP contribution < -0.4 is 21.1 Å². The molecule has 3 N–H and O–H groups in total. The highest BCUT2D eigenvalue weighted by atomic mass is 19.1. The number of carboxylic acids is 1. The maximum absolute atomic E-state index is 15.6. The smallest absolute Gasteiger partial charge is 0.341 e. The predicted octanol–water partition coefficient (Wildman–Crippen LogP) is 4.07. The molecule has 1 aliphatic heterocycles. The number of halogens is 1. The molecule has 0 unspecified atom stereocenters. The first-order chi connectivity index (χ1) is 25.5. The molecule has 0 radical (unpaired) electrons. The van der Waals surface area contributed by atoms with Crippen molar-refractivity contribution in [3.05, 3.63) is 116 Å². The van der Waals surface area contributed by atoms with Crippen LogP contribution in [0.15, 0.2) is 76.7 Å². The zero-order valence-electron chi connectivity index (χ0n) is 29.5. The number of anilines is 1. The molecule has 14 heteroatoms. The van der Waals surface area contributed by atoms with Crippen LogP contribution >= 0.6 is 0 Å². The minimum Gasteiger partial charge on any atom is -0.477 e.